The molecule has 5 aliphatic carbocycles. The van der Waals surface area contributed by atoms with Crippen molar-refractivity contribution in [3.8, 4) is 168 Å². The van der Waals surface area contributed by atoms with Crippen molar-refractivity contribution in [1.29, 1.82) is 0 Å². The molecule has 26 rings (SSSR count). The van der Waals surface area contributed by atoms with Gasteiger partial charge in [0.25, 0.3) is 0 Å². The van der Waals surface area contributed by atoms with Gasteiger partial charge in [0.15, 0.2) is 34.9 Å². The molecular formula is C117H72N6O. The first-order valence-corrected chi connectivity index (χ1v) is 42.5. The molecule has 21 aromatic rings. The molecule has 0 amide bonds. The molecule has 3 heterocycles. The van der Waals surface area contributed by atoms with Gasteiger partial charge in [0, 0.05) is 44.2 Å². The van der Waals surface area contributed by atoms with E-state index in [2.05, 4.69) is 394 Å². The van der Waals surface area contributed by atoms with Crippen LogP contribution in [-0.4, -0.2) is 29.9 Å². The van der Waals surface area contributed by atoms with Gasteiger partial charge in [-0.3, -0.25) is 0 Å². The zero-order valence-corrected chi connectivity index (χ0v) is 67.2. The van der Waals surface area contributed by atoms with Crippen molar-refractivity contribution in [2.45, 2.75) is 17.3 Å². The molecule has 0 aliphatic heterocycles. The summed E-state index contributed by atoms with van der Waals surface area (Å²) >= 11 is 0. The number of benzene rings is 18. The van der Waals surface area contributed by atoms with Crippen molar-refractivity contribution in [3.63, 3.8) is 0 Å². The average Bonchev–Trinajstić information content (AvgIpc) is 1.52. The Morgan fingerprint density at radius 2 is 0.468 bits per heavy atom. The van der Waals surface area contributed by atoms with E-state index in [9.17, 15) is 0 Å². The van der Waals surface area contributed by atoms with Gasteiger partial charge in [0.2, 0.25) is 0 Å². The molecule has 7 nitrogen and oxygen atoms in total. The quantitative estimate of drug-likeness (QED) is 0.150. The monoisotopic (exact) mass is 1580 g/mol. The fourth-order valence-corrected chi connectivity index (χ4v) is 21.2. The summed E-state index contributed by atoms with van der Waals surface area (Å²) in [6, 6.07) is 153. The Morgan fingerprint density at radius 1 is 0.177 bits per heavy atom. The number of aromatic nitrogens is 6. The van der Waals surface area contributed by atoms with Gasteiger partial charge in [0.1, 0.15) is 11.2 Å². The molecule has 576 valence electrons. The topological polar surface area (TPSA) is 90.5 Å². The van der Waals surface area contributed by atoms with Crippen LogP contribution < -0.4 is 0 Å². The fraction of sp³-hybridized carbons (Fsp3) is 0.0256. The van der Waals surface area contributed by atoms with E-state index in [1.807, 2.05) is 30.3 Å². The Bertz CT molecular complexity index is 7830. The summed E-state index contributed by atoms with van der Waals surface area (Å²) in [5.41, 5.74) is 40.5. The molecule has 0 bridgehead atoms. The lowest BCUT2D eigenvalue weighted by Gasteiger charge is -2.35. The molecule has 5 aliphatic rings. The van der Waals surface area contributed by atoms with Crippen molar-refractivity contribution in [2.75, 3.05) is 0 Å². The number of rotatable bonds is 8. The third kappa shape index (κ3) is 10.7. The molecule has 0 unspecified atom stereocenters. The van der Waals surface area contributed by atoms with E-state index in [4.69, 9.17) is 34.3 Å². The Hall–Kier alpha value is -16.2. The third-order valence-electron chi connectivity index (χ3n) is 26.4. The molecule has 0 radical (unpaired) electrons. The minimum absolute atomic E-state index is 0.591. The summed E-state index contributed by atoms with van der Waals surface area (Å²) in [5, 5.41) is 2.01. The van der Waals surface area contributed by atoms with E-state index >= 15 is 0 Å². The minimum Gasteiger partial charge on any atom is -0.456 e. The van der Waals surface area contributed by atoms with Crippen LogP contribution in [0.1, 0.15) is 55.6 Å². The first-order chi connectivity index (χ1) is 61.5. The molecule has 2 spiro atoms. The second-order valence-electron chi connectivity index (χ2n) is 32.8. The fourth-order valence-electron chi connectivity index (χ4n) is 21.2. The highest BCUT2D eigenvalue weighted by molar-refractivity contribution is 6.12. The highest BCUT2D eigenvalue weighted by atomic mass is 16.3. The molecule has 18 aromatic carbocycles. The van der Waals surface area contributed by atoms with Gasteiger partial charge in [-0.2, -0.15) is 0 Å². The number of nitrogens with zero attached hydrogens (tertiary/aromatic N) is 6. The van der Waals surface area contributed by atoms with E-state index < -0.39 is 10.8 Å². The summed E-state index contributed by atoms with van der Waals surface area (Å²) in [6.45, 7) is 0. The van der Waals surface area contributed by atoms with Crippen LogP contribution in [0.4, 0.5) is 0 Å². The van der Waals surface area contributed by atoms with Gasteiger partial charge in [-0.15, -0.1) is 0 Å². The van der Waals surface area contributed by atoms with Crippen molar-refractivity contribution in [2.24, 2.45) is 0 Å². The molecular weight excluding hydrogens is 1510 g/mol. The summed E-state index contributed by atoms with van der Waals surface area (Å²) in [7, 11) is 0. The second kappa shape index (κ2) is 28.2. The average molecular weight is 1580 g/mol. The summed E-state index contributed by atoms with van der Waals surface area (Å²) < 4.78 is 6.38. The minimum atomic E-state index is -0.624. The van der Waals surface area contributed by atoms with Crippen molar-refractivity contribution in [3.05, 3.63) is 480 Å². The van der Waals surface area contributed by atoms with E-state index in [1.54, 1.807) is 0 Å². The summed E-state index contributed by atoms with van der Waals surface area (Å²) in [5.74, 6) is 3.76. The molecule has 0 atom stereocenters. The second-order valence-corrected chi connectivity index (χ2v) is 32.8. The third-order valence-corrected chi connectivity index (χ3v) is 26.4. The number of hydrogen-bond donors (Lipinski definition) is 0. The van der Waals surface area contributed by atoms with Gasteiger partial charge in [-0.25, -0.2) is 29.9 Å². The van der Waals surface area contributed by atoms with Gasteiger partial charge in [-0.05, 0) is 180 Å². The van der Waals surface area contributed by atoms with Crippen molar-refractivity contribution >= 4 is 21.9 Å². The van der Waals surface area contributed by atoms with Gasteiger partial charge >= 0.3 is 0 Å². The lowest BCUT2D eigenvalue weighted by molar-refractivity contribution is 0.669. The molecule has 3 aromatic heterocycles. The van der Waals surface area contributed by atoms with Gasteiger partial charge in [-0.1, -0.05) is 406 Å². The summed E-state index contributed by atoms with van der Waals surface area (Å²) in [6.07, 6.45) is 0.932. The van der Waals surface area contributed by atoms with Gasteiger partial charge in [0.05, 0.1) is 10.8 Å². The number of para-hydroxylation sites is 1. The number of fused-ring (bicyclic) bond motifs is 30. The smallest absolute Gasteiger partial charge is 0.164 e. The molecule has 7 heteroatoms. The van der Waals surface area contributed by atoms with Crippen molar-refractivity contribution < 1.29 is 4.42 Å². The molecule has 124 heavy (non-hydrogen) atoms. The Labute approximate surface area is 717 Å². The van der Waals surface area contributed by atoms with Crippen LogP contribution in [-0.2, 0) is 17.3 Å². The lowest BCUT2D eigenvalue weighted by Crippen LogP contribution is -2.29. The standard InChI is InChI=1S/C59H37N3.C58H35N3O/c1-2-15-37(16-3-1)38-29-31-39(32-30-38)56-60-57(42-34-33-41-35-40-17-4-5-18-43(40)50(41)36-42)62-58(61-56)49-24-14-28-54-55(49)48-23-10-13-27-53(48)59(54)51-25-11-8-21-46(51)44-19-6-7-20-45(44)47-22-9-12-26-52(47)59;1-2-16-36(17-3-1)37-32-34-38(35-33-37)55-59-56(61-57(60-55)46-25-15-31-52-54(46)44-23-9-13-30-51(44)62-52)45-24-14-29-50-53(45)43-22-8-12-28-49(43)58(50)47-26-10-6-20-41(47)39-18-4-5-19-40(39)42-21-7-11-27-48(42)58/h1-34,36H,35H2;1-35H. The van der Waals surface area contributed by atoms with Crippen LogP contribution in [0, 0.1) is 0 Å². The van der Waals surface area contributed by atoms with Crippen LogP contribution in [0.3, 0.4) is 0 Å². The van der Waals surface area contributed by atoms with Crippen LogP contribution in [0.25, 0.3) is 190 Å². The van der Waals surface area contributed by atoms with Gasteiger partial charge < -0.3 is 4.42 Å². The first-order valence-electron chi connectivity index (χ1n) is 42.5. The molecule has 0 saturated heterocycles. The Morgan fingerprint density at radius 3 is 0.935 bits per heavy atom. The van der Waals surface area contributed by atoms with E-state index in [1.165, 1.54) is 128 Å². The zero-order valence-electron chi connectivity index (χ0n) is 67.2. The normalized spacial score (nSPS) is 13.1. The molecule has 0 saturated carbocycles. The Kier molecular flexibility index (Phi) is 16.1. The Balaban J connectivity index is 0.000000136. The predicted octanol–water partition coefficient (Wildman–Crippen LogP) is 28.6. The van der Waals surface area contributed by atoms with Crippen LogP contribution in [0.5, 0.6) is 0 Å². The van der Waals surface area contributed by atoms with E-state index in [0.29, 0.717) is 34.9 Å². The van der Waals surface area contributed by atoms with Crippen LogP contribution in [0.15, 0.2) is 429 Å². The van der Waals surface area contributed by atoms with E-state index in [-0.39, 0.29) is 0 Å². The van der Waals surface area contributed by atoms with Crippen LogP contribution >= 0.6 is 0 Å². The lowest BCUT2D eigenvalue weighted by atomic mass is 9.66. The highest BCUT2D eigenvalue weighted by Gasteiger charge is 2.53. The molecule has 0 fully saturated rings. The predicted molar refractivity (Wildman–Crippen MR) is 502 cm³/mol. The molecule has 0 N–H and O–H groups in total. The SMILES string of the molecule is c1ccc(-c2ccc(-c3nc(-c4ccc5c(c4)-c4ccccc4C5)nc(-c4cccc5c4-c4ccccc4C54c5ccccc5-c5ccccc5-c5ccccc54)n3)cc2)cc1.c1ccc(-c2ccc(-c3nc(-c4cccc5c4-c4ccccc4C54c5ccccc5-c5ccccc5-c5ccccc54)nc(-c4cccc5oc6ccccc6c45)n3)cc2)cc1. The largest absolute Gasteiger partial charge is 0.456 e. The number of hydrogen-bond acceptors (Lipinski definition) is 7. The van der Waals surface area contributed by atoms with E-state index in [0.717, 1.165) is 89.6 Å². The first kappa shape index (κ1) is 70.8. The highest BCUT2D eigenvalue weighted by Crippen LogP contribution is 2.65. The van der Waals surface area contributed by atoms with Crippen molar-refractivity contribution in [1.82, 2.24) is 29.9 Å². The maximum atomic E-state index is 6.38. The maximum absolute atomic E-state index is 6.38. The summed E-state index contributed by atoms with van der Waals surface area (Å²) in [4.78, 5) is 32.3. The maximum Gasteiger partial charge on any atom is 0.164 e. The zero-order chi connectivity index (χ0) is 81.6. The number of furan rings is 1. The van der Waals surface area contributed by atoms with Crippen LogP contribution in [0.2, 0.25) is 0 Å².